The van der Waals surface area contributed by atoms with Crippen LogP contribution in [0.2, 0.25) is 0 Å². The largest absolute Gasteiger partial charge is 0.361 e. The topological polar surface area (TPSA) is 45.6 Å². The van der Waals surface area contributed by atoms with Gasteiger partial charge in [-0.1, -0.05) is 130 Å². The lowest BCUT2D eigenvalue weighted by molar-refractivity contribution is 0.282. The van der Waals surface area contributed by atoms with E-state index in [9.17, 15) is 0 Å². The number of aryl methyl sites for hydroxylation is 1. The maximum atomic E-state index is 4.42. The highest BCUT2D eigenvalue weighted by molar-refractivity contribution is 5.85. The zero-order valence-electron chi connectivity index (χ0n) is 41.4. The number of aromatic amines is 1. The number of aromatic nitrogens is 3. The minimum Gasteiger partial charge on any atom is -0.361 e. The molecule has 2 aliphatic carbocycles. The number of pyridine rings is 2. The van der Waals surface area contributed by atoms with Crippen LogP contribution in [0.1, 0.15) is 200 Å². The summed E-state index contributed by atoms with van der Waals surface area (Å²) in [6.07, 6.45) is 9.14. The monoisotopic (exact) mass is 841 g/mol. The van der Waals surface area contributed by atoms with Gasteiger partial charge in [-0.05, 0) is 166 Å². The fourth-order valence-corrected chi connectivity index (χ4v) is 9.88. The van der Waals surface area contributed by atoms with E-state index in [0.717, 1.165) is 41.1 Å². The Hall–Kier alpha value is -3.89. The normalized spacial score (nSPS) is 18.5. The molecule has 4 atom stereocenters. The van der Waals surface area contributed by atoms with Crippen LogP contribution in [0, 0.1) is 29.6 Å². The van der Waals surface area contributed by atoms with Crippen molar-refractivity contribution in [2.75, 3.05) is 6.54 Å². The van der Waals surface area contributed by atoms with Crippen LogP contribution in [-0.2, 0) is 7.05 Å². The first-order valence-electron chi connectivity index (χ1n) is 24.1. The van der Waals surface area contributed by atoms with Gasteiger partial charge in [-0.2, -0.15) is 0 Å². The van der Waals surface area contributed by atoms with Crippen molar-refractivity contribution in [1.82, 2.24) is 19.9 Å². The molecule has 0 radical (unpaired) electrons. The lowest BCUT2D eigenvalue weighted by Gasteiger charge is -2.22. The summed E-state index contributed by atoms with van der Waals surface area (Å²) < 4.78 is 2.23. The van der Waals surface area contributed by atoms with E-state index in [0.29, 0.717) is 35.5 Å². The number of benzene rings is 2. The molecule has 1 saturated carbocycles. The summed E-state index contributed by atoms with van der Waals surface area (Å²) >= 11 is 0. The highest BCUT2D eigenvalue weighted by Gasteiger charge is 2.44. The van der Waals surface area contributed by atoms with Gasteiger partial charge in [0, 0.05) is 59.2 Å². The number of fused-ring (bicyclic) bond motifs is 4. The average molecular weight is 841 g/mol. The van der Waals surface area contributed by atoms with Crippen LogP contribution < -0.4 is 5.32 Å². The van der Waals surface area contributed by atoms with E-state index in [1.807, 2.05) is 12.4 Å². The van der Waals surface area contributed by atoms with E-state index in [1.54, 1.807) is 0 Å². The molecule has 0 amide bonds. The maximum absolute atomic E-state index is 4.42. The number of rotatable bonds is 8. The molecule has 2 N–H and O–H groups in total. The zero-order valence-corrected chi connectivity index (χ0v) is 41.4. The van der Waals surface area contributed by atoms with E-state index in [1.165, 1.54) is 80.3 Å². The van der Waals surface area contributed by atoms with Crippen molar-refractivity contribution in [2.45, 2.75) is 173 Å². The SMILES string of the molecule is C.CC(C)C1CC2NCC(C(C)C)C2C1.CC(C)c1cc2[nH]ccc(C(C)C)c-2c1.CC(C)c1ccc2c(c1)c(C(C)C)cn2C.CC(C)c1ccc2nccc(C(C)C)c2c1. The second-order valence-corrected chi connectivity index (χ2v) is 21.2. The van der Waals surface area contributed by atoms with Crippen LogP contribution >= 0.6 is 0 Å². The number of H-pyrrole nitrogens is 1. The zero-order chi connectivity index (χ0) is 44.9. The van der Waals surface area contributed by atoms with Gasteiger partial charge in [-0.25, -0.2) is 0 Å². The molecule has 2 fully saturated rings. The average Bonchev–Trinajstić information content (AvgIpc) is 4.00. The summed E-state index contributed by atoms with van der Waals surface area (Å²) in [5.41, 5.74) is 13.6. The molecule has 4 heterocycles. The lowest BCUT2D eigenvalue weighted by atomic mass is 9.82. The van der Waals surface area contributed by atoms with Crippen LogP contribution in [0.3, 0.4) is 0 Å². The minimum absolute atomic E-state index is 0. The second kappa shape index (κ2) is 22.1. The van der Waals surface area contributed by atoms with E-state index in [-0.39, 0.29) is 7.43 Å². The van der Waals surface area contributed by atoms with Gasteiger partial charge in [0.15, 0.2) is 0 Å². The third kappa shape index (κ3) is 12.0. The predicted molar refractivity (Wildman–Crippen MR) is 275 cm³/mol. The van der Waals surface area contributed by atoms with Gasteiger partial charge >= 0.3 is 0 Å². The first kappa shape index (κ1) is 50.8. The van der Waals surface area contributed by atoms with Crippen molar-refractivity contribution in [3.8, 4) is 11.3 Å². The molecule has 2 aromatic carbocycles. The van der Waals surface area contributed by atoms with E-state index in [4.69, 9.17) is 0 Å². The summed E-state index contributed by atoms with van der Waals surface area (Å²) in [4.78, 5) is 7.75. The molecule has 2 aliphatic heterocycles. The van der Waals surface area contributed by atoms with Gasteiger partial charge < -0.3 is 14.9 Å². The molecule has 0 bridgehead atoms. The molecule has 4 aromatic rings. The highest BCUT2D eigenvalue weighted by Crippen LogP contribution is 2.45. The number of nitrogens with zero attached hydrogens (tertiary/aromatic N) is 2. The summed E-state index contributed by atoms with van der Waals surface area (Å²) in [5.74, 6) is 8.17. The molecule has 4 heteroatoms. The molecule has 1 saturated heterocycles. The van der Waals surface area contributed by atoms with Crippen molar-refractivity contribution in [2.24, 2.45) is 36.6 Å². The number of hydrogen-bond acceptors (Lipinski definition) is 2. The Balaban J connectivity index is 0.000000181. The predicted octanol–water partition coefficient (Wildman–Crippen LogP) is 16.8. The van der Waals surface area contributed by atoms with Crippen molar-refractivity contribution in [1.29, 1.82) is 0 Å². The Kier molecular flexibility index (Phi) is 18.1. The number of hydrogen-bond donors (Lipinski definition) is 2. The molecular formula is C58H88N4. The molecule has 4 unspecified atom stereocenters. The molecule has 8 rings (SSSR count). The van der Waals surface area contributed by atoms with Crippen molar-refractivity contribution >= 4 is 21.8 Å². The number of nitrogens with one attached hydrogen (secondary N) is 2. The van der Waals surface area contributed by atoms with E-state index < -0.39 is 0 Å². The Morgan fingerprint density at radius 2 is 1.18 bits per heavy atom. The Morgan fingerprint density at radius 3 is 1.74 bits per heavy atom. The van der Waals surface area contributed by atoms with Crippen LogP contribution in [0.4, 0.5) is 0 Å². The van der Waals surface area contributed by atoms with Gasteiger partial charge in [0.25, 0.3) is 0 Å². The van der Waals surface area contributed by atoms with Gasteiger partial charge in [0.1, 0.15) is 0 Å². The van der Waals surface area contributed by atoms with Gasteiger partial charge in [-0.15, -0.1) is 0 Å². The quantitative estimate of drug-likeness (QED) is 0.160. The van der Waals surface area contributed by atoms with E-state index >= 15 is 0 Å². The fraction of sp³-hybridized carbons (Fsp3) is 0.569. The molecule has 0 spiro atoms. The fourth-order valence-electron chi connectivity index (χ4n) is 9.88. The molecule has 2 aromatic heterocycles. The molecule has 340 valence electrons. The van der Waals surface area contributed by atoms with Crippen LogP contribution in [-0.4, -0.2) is 27.1 Å². The smallest absolute Gasteiger partial charge is 0.0705 e. The van der Waals surface area contributed by atoms with Crippen LogP contribution in [0.5, 0.6) is 0 Å². The Bertz CT molecular complexity index is 2240. The molecule has 4 nitrogen and oxygen atoms in total. The Labute approximate surface area is 379 Å². The summed E-state index contributed by atoms with van der Waals surface area (Å²) in [5, 5.41) is 6.46. The van der Waals surface area contributed by atoms with Gasteiger partial charge in [-0.3, -0.25) is 4.98 Å². The summed E-state index contributed by atoms with van der Waals surface area (Å²) in [6.45, 7) is 37.7. The first-order chi connectivity index (χ1) is 28.8. The molecular weight excluding hydrogens is 753 g/mol. The Morgan fingerprint density at radius 1 is 0.581 bits per heavy atom. The second-order valence-electron chi connectivity index (χ2n) is 21.2. The van der Waals surface area contributed by atoms with Gasteiger partial charge in [0.2, 0.25) is 0 Å². The standard InChI is InChI=1S/C15H21N.C15H19N.C14H19N.C13H25N.CH4/c1-10(2)12-6-7-15-13(8-12)14(11(3)4)9-16(15)5;1-10(2)12-5-6-15-14(9-12)13(11(3)4)7-8-16-15;1-9(2)11-7-13-12(10(3)4)5-6-15-14(13)8-11;1-8(2)10-5-11-12(9(3)4)7-14-13(11)6-10;/h6-11H,1-5H3;5-11H,1-4H3;5-10,15H,1-4H3;8-14H,5-7H2,1-4H3;1H4. The maximum Gasteiger partial charge on any atom is 0.0705 e. The lowest BCUT2D eigenvalue weighted by Crippen LogP contribution is -2.22. The summed E-state index contributed by atoms with van der Waals surface area (Å²) in [6, 6.07) is 23.2. The van der Waals surface area contributed by atoms with E-state index in [2.05, 4.69) is 205 Å². The molecule has 4 aliphatic rings. The third-order valence-corrected chi connectivity index (χ3v) is 14.0. The van der Waals surface area contributed by atoms with Crippen LogP contribution in [0.25, 0.3) is 33.1 Å². The first-order valence-corrected chi connectivity index (χ1v) is 24.1. The highest BCUT2D eigenvalue weighted by atomic mass is 15.0. The van der Waals surface area contributed by atoms with Crippen molar-refractivity contribution in [3.05, 3.63) is 113 Å². The van der Waals surface area contributed by atoms with Crippen molar-refractivity contribution in [3.63, 3.8) is 0 Å². The van der Waals surface area contributed by atoms with Crippen LogP contribution in [0.15, 0.2) is 79.3 Å². The van der Waals surface area contributed by atoms with Gasteiger partial charge in [0.05, 0.1) is 5.52 Å². The minimum atomic E-state index is 0. The summed E-state index contributed by atoms with van der Waals surface area (Å²) in [7, 11) is 2.13. The third-order valence-electron chi connectivity index (χ3n) is 14.0. The van der Waals surface area contributed by atoms with Crippen molar-refractivity contribution < 1.29 is 0 Å². The molecule has 62 heavy (non-hydrogen) atoms.